The van der Waals surface area contributed by atoms with Crippen LogP contribution in [0.15, 0.2) is 79.1 Å². The van der Waals surface area contributed by atoms with Gasteiger partial charge in [0.05, 0.1) is 33.4 Å². The summed E-state index contributed by atoms with van der Waals surface area (Å²) in [6, 6.07) is 20.5. The van der Waals surface area contributed by atoms with Gasteiger partial charge >= 0.3 is 0 Å². The molecule has 0 N–H and O–H groups in total. The summed E-state index contributed by atoms with van der Waals surface area (Å²) in [5.41, 5.74) is 2.53. The zero-order valence-corrected chi connectivity index (χ0v) is 14.6. The standard InChI is InChI=1S/C22H13N3O3/c26-20(24-13-23-17-10-4-6-12-19(17)24)16-9-3-5-11-18(16)25-21(27)14-7-1-2-8-15(14)22(25)28/h1-13H. The highest BCUT2D eigenvalue weighted by Gasteiger charge is 2.38. The summed E-state index contributed by atoms with van der Waals surface area (Å²) >= 11 is 0. The number of imide groups is 1. The Kier molecular flexibility index (Phi) is 3.45. The van der Waals surface area contributed by atoms with Gasteiger partial charge in [0.2, 0.25) is 0 Å². The van der Waals surface area contributed by atoms with Crippen LogP contribution >= 0.6 is 0 Å². The molecule has 134 valence electrons. The van der Waals surface area contributed by atoms with Gasteiger partial charge in [-0.2, -0.15) is 0 Å². The van der Waals surface area contributed by atoms with Crippen molar-refractivity contribution in [1.29, 1.82) is 0 Å². The lowest BCUT2D eigenvalue weighted by molar-refractivity contribution is 0.0926. The van der Waals surface area contributed by atoms with Crippen LogP contribution in [0.25, 0.3) is 11.0 Å². The van der Waals surface area contributed by atoms with Crippen molar-refractivity contribution in [2.45, 2.75) is 0 Å². The fourth-order valence-corrected chi connectivity index (χ4v) is 3.51. The van der Waals surface area contributed by atoms with Gasteiger partial charge in [-0.05, 0) is 36.4 Å². The molecule has 3 aromatic carbocycles. The molecule has 28 heavy (non-hydrogen) atoms. The second kappa shape index (κ2) is 5.99. The normalized spacial score (nSPS) is 13.2. The summed E-state index contributed by atoms with van der Waals surface area (Å²) in [6.45, 7) is 0. The molecule has 5 rings (SSSR count). The van der Waals surface area contributed by atoms with E-state index in [9.17, 15) is 14.4 Å². The third-order valence-corrected chi connectivity index (χ3v) is 4.84. The average Bonchev–Trinajstić information content (AvgIpc) is 3.27. The van der Waals surface area contributed by atoms with Gasteiger partial charge in [0.25, 0.3) is 17.7 Å². The molecule has 0 aliphatic carbocycles. The van der Waals surface area contributed by atoms with Crippen LogP contribution in [0.1, 0.15) is 31.1 Å². The number of fused-ring (bicyclic) bond motifs is 2. The largest absolute Gasteiger partial charge is 0.268 e. The number of para-hydroxylation sites is 3. The molecular weight excluding hydrogens is 354 g/mol. The maximum Gasteiger partial charge on any atom is 0.266 e. The zero-order valence-electron chi connectivity index (χ0n) is 14.6. The smallest absolute Gasteiger partial charge is 0.266 e. The highest BCUT2D eigenvalue weighted by molar-refractivity contribution is 6.35. The van der Waals surface area contributed by atoms with E-state index in [1.54, 1.807) is 54.6 Å². The minimum absolute atomic E-state index is 0.250. The van der Waals surface area contributed by atoms with Gasteiger partial charge < -0.3 is 0 Å². The first-order chi connectivity index (χ1) is 13.7. The molecule has 1 aliphatic heterocycles. The summed E-state index contributed by atoms with van der Waals surface area (Å²) in [4.78, 5) is 44.3. The number of aromatic nitrogens is 2. The monoisotopic (exact) mass is 367 g/mol. The Labute approximate surface area is 159 Å². The fraction of sp³-hybridized carbons (Fsp3) is 0. The number of carbonyl (C=O) groups excluding carboxylic acids is 3. The molecule has 0 saturated carbocycles. The summed E-state index contributed by atoms with van der Waals surface area (Å²) < 4.78 is 1.42. The lowest BCUT2D eigenvalue weighted by Gasteiger charge is -2.17. The van der Waals surface area contributed by atoms with E-state index in [0.29, 0.717) is 22.2 Å². The number of rotatable bonds is 2. The molecule has 0 bridgehead atoms. The number of benzene rings is 3. The molecule has 2 heterocycles. The number of hydrogen-bond donors (Lipinski definition) is 0. The maximum atomic E-state index is 13.3. The summed E-state index contributed by atoms with van der Waals surface area (Å²) in [5, 5.41) is 0. The van der Waals surface area contributed by atoms with E-state index in [2.05, 4.69) is 4.98 Å². The van der Waals surface area contributed by atoms with Crippen molar-refractivity contribution in [1.82, 2.24) is 9.55 Å². The minimum Gasteiger partial charge on any atom is -0.268 e. The fourth-order valence-electron chi connectivity index (χ4n) is 3.51. The third-order valence-electron chi connectivity index (χ3n) is 4.84. The van der Waals surface area contributed by atoms with Crippen LogP contribution in [0.3, 0.4) is 0 Å². The van der Waals surface area contributed by atoms with Crippen LogP contribution in [0, 0.1) is 0 Å². The number of nitrogens with zero attached hydrogens (tertiary/aromatic N) is 3. The Morgan fingerprint density at radius 2 is 1.36 bits per heavy atom. The van der Waals surface area contributed by atoms with Crippen molar-refractivity contribution in [3.05, 3.63) is 95.8 Å². The maximum absolute atomic E-state index is 13.3. The van der Waals surface area contributed by atoms with Gasteiger partial charge in [-0.1, -0.05) is 36.4 Å². The lowest BCUT2D eigenvalue weighted by Crippen LogP contribution is -2.31. The van der Waals surface area contributed by atoms with E-state index in [4.69, 9.17) is 0 Å². The predicted octanol–water partition coefficient (Wildman–Crippen LogP) is 3.53. The first kappa shape index (κ1) is 16.1. The van der Waals surface area contributed by atoms with Crippen LogP contribution in [0.4, 0.5) is 5.69 Å². The zero-order chi connectivity index (χ0) is 19.3. The quantitative estimate of drug-likeness (QED) is 0.508. The topological polar surface area (TPSA) is 72.3 Å². The molecule has 6 heteroatoms. The summed E-state index contributed by atoms with van der Waals surface area (Å²) in [6.07, 6.45) is 1.45. The van der Waals surface area contributed by atoms with E-state index in [0.717, 1.165) is 4.90 Å². The molecule has 0 saturated heterocycles. The van der Waals surface area contributed by atoms with E-state index in [1.807, 2.05) is 18.2 Å². The highest BCUT2D eigenvalue weighted by atomic mass is 16.2. The molecular formula is C22H13N3O3. The number of amides is 2. The minimum atomic E-state index is -0.434. The van der Waals surface area contributed by atoms with Gasteiger partial charge in [0.1, 0.15) is 6.33 Å². The van der Waals surface area contributed by atoms with Gasteiger partial charge in [0.15, 0.2) is 0 Å². The summed E-state index contributed by atoms with van der Waals surface area (Å²) in [7, 11) is 0. The van der Waals surface area contributed by atoms with Crippen LogP contribution in [0.5, 0.6) is 0 Å². The second-order valence-electron chi connectivity index (χ2n) is 6.42. The Hall–Kier alpha value is -4.06. The Morgan fingerprint density at radius 3 is 2.11 bits per heavy atom. The van der Waals surface area contributed by atoms with Crippen molar-refractivity contribution >= 4 is 34.4 Å². The lowest BCUT2D eigenvalue weighted by atomic mass is 10.1. The molecule has 1 aliphatic rings. The molecule has 4 aromatic rings. The first-order valence-corrected chi connectivity index (χ1v) is 8.70. The molecule has 2 amide bonds. The van der Waals surface area contributed by atoms with Crippen LogP contribution in [-0.4, -0.2) is 27.3 Å². The molecule has 0 atom stereocenters. The van der Waals surface area contributed by atoms with Crippen LogP contribution < -0.4 is 4.90 Å². The predicted molar refractivity (Wildman–Crippen MR) is 103 cm³/mol. The summed E-state index contributed by atoms with van der Waals surface area (Å²) in [5.74, 6) is -1.23. The van der Waals surface area contributed by atoms with Crippen molar-refractivity contribution in [2.75, 3.05) is 4.90 Å². The van der Waals surface area contributed by atoms with Crippen molar-refractivity contribution in [3.63, 3.8) is 0 Å². The van der Waals surface area contributed by atoms with Crippen molar-refractivity contribution in [3.8, 4) is 0 Å². The van der Waals surface area contributed by atoms with Gasteiger partial charge in [0, 0.05) is 0 Å². The molecule has 0 spiro atoms. The number of imidazole rings is 1. The van der Waals surface area contributed by atoms with Gasteiger partial charge in [-0.25, -0.2) is 9.88 Å². The molecule has 6 nitrogen and oxygen atoms in total. The molecule has 0 radical (unpaired) electrons. The molecule has 0 unspecified atom stereocenters. The highest BCUT2D eigenvalue weighted by Crippen LogP contribution is 2.31. The molecule has 1 aromatic heterocycles. The average molecular weight is 367 g/mol. The number of carbonyl (C=O) groups is 3. The van der Waals surface area contributed by atoms with Crippen molar-refractivity contribution in [2.24, 2.45) is 0 Å². The Balaban J connectivity index is 1.64. The SMILES string of the molecule is O=C1c2ccccc2C(=O)N1c1ccccc1C(=O)n1cnc2ccccc21. The van der Waals surface area contributed by atoms with E-state index in [1.165, 1.54) is 10.9 Å². The Bertz CT molecular complexity index is 1250. The van der Waals surface area contributed by atoms with Gasteiger partial charge in [-0.3, -0.25) is 19.0 Å². The van der Waals surface area contributed by atoms with E-state index < -0.39 is 11.8 Å². The first-order valence-electron chi connectivity index (χ1n) is 8.70. The van der Waals surface area contributed by atoms with E-state index >= 15 is 0 Å². The third kappa shape index (κ3) is 2.21. The van der Waals surface area contributed by atoms with Crippen molar-refractivity contribution < 1.29 is 14.4 Å². The van der Waals surface area contributed by atoms with Crippen LogP contribution in [0.2, 0.25) is 0 Å². The van der Waals surface area contributed by atoms with E-state index in [-0.39, 0.29) is 17.2 Å². The van der Waals surface area contributed by atoms with Gasteiger partial charge in [-0.15, -0.1) is 0 Å². The number of hydrogen-bond acceptors (Lipinski definition) is 4. The Morgan fingerprint density at radius 1 is 0.750 bits per heavy atom. The second-order valence-corrected chi connectivity index (χ2v) is 6.42. The van der Waals surface area contributed by atoms with Crippen LogP contribution in [-0.2, 0) is 0 Å². The molecule has 0 fully saturated rings. The number of anilines is 1.